The van der Waals surface area contributed by atoms with Crippen molar-refractivity contribution in [1.29, 1.82) is 0 Å². The number of esters is 1. The van der Waals surface area contributed by atoms with E-state index in [1.807, 2.05) is 0 Å². The van der Waals surface area contributed by atoms with Crippen LogP contribution in [0, 0.1) is 19.8 Å². The smallest absolute Gasteiger partial charge is 0.397 e. The number of rotatable bonds is 7. The summed E-state index contributed by atoms with van der Waals surface area (Å²) in [5, 5.41) is 12.7. The molecule has 1 saturated carbocycles. The molecule has 0 saturated heterocycles. The number of hydrogen-bond acceptors (Lipinski definition) is 7. The second-order valence-electron chi connectivity index (χ2n) is 9.01. The monoisotopic (exact) mass is 489 g/mol. The van der Waals surface area contributed by atoms with Gasteiger partial charge in [0.1, 0.15) is 22.1 Å². The quantitative estimate of drug-likeness (QED) is 0.429. The van der Waals surface area contributed by atoms with Gasteiger partial charge in [0.15, 0.2) is 9.84 Å². The minimum atomic E-state index is -3.67. The summed E-state index contributed by atoms with van der Waals surface area (Å²) in [6, 6.07) is 7.44. The Labute approximate surface area is 200 Å². The third-order valence-electron chi connectivity index (χ3n) is 5.66. The maximum atomic E-state index is 12.9. The van der Waals surface area contributed by atoms with E-state index in [4.69, 9.17) is 9.47 Å². The number of aryl methyl sites for hydroxylation is 2. The molecule has 1 fully saturated rings. The molecule has 0 heterocycles. The lowest BCUT2D eigenvalue weighted by molar-refractivity contribution is -0.155. The first-order valence-corrected chi connectivity index (χ1v) is 13.0. The van der Waals surface area contributed by atoms with Crippen molar-refractivity contribution in [3.63, 3.8) is 0 Å². The summed E-state index contributed by atoms with van der Waals surface area (Å²) in [6.45, 7) is 6.84. The van der Waals surface area contributed by atoms with Crippen molar-refractivity contribution < 1.29 is 32.6 Å². The molecule has 0 atom stereocenters. The number of anilines is 1. The predicted molar refractivity (Wildman–Crippen MR) is 128 cm³/mol. The molecule has 2 aromatic carbocycles. The molecule has 9 heteroatoms. The molecule has 0 unspecified atom stereocenters. The van der Waals surface area contributed by atoms with Crippen LogP contribution in [0.25, 0.3) is 0 Å². The van der Waals surface area contributed by atoms with Gasteiger partial charge in [-0.2, -0.15) is 0 Å². The van der Waals surface area contributed by atoms with E-state index in [0.717, 1.165) is 25.7 Å². The fourth-order valence-electron chi connectivity index (χ4n) is 4.14. The van der Waals surface area contributed by atoms with Crippen LogP contribution in [0.1, 0.15) is 50.7 Å². The topological polar surface area (TPSA) is 119 Å². The van der Waals surface area contributed by atoms with Gasteiger partial charge in [0, 0.05) is 11.8 Å². The Balaban J connectivity index is 1.79. The molecular weight excluding hydrogens is 458 g/mol. The van der Waals surface area contributed by atoms with Crippen molar-refractivity contribution in [3.05, 3.63) is 41.5 Å². The van der Waals surface area contributed by atoms with E-state index in [-0.39, 0.29) is 28.1 Å². The lowest BCUT2D eigenvalue weighted by Gasteiger charge is -2.16. The second kappa shape index (κ2) is 10.5. The van der Waals surface area contributed by atoms with Gasteiger partial charge in [-0.1, -0.05) is 12.8 Å². The Bertz CT molecular complexity index is 1160. The van der Waals surface area contributed by atoms with E-state index in [1.54, 1.807) is 39.8 Å². The van der Waals surface area contributed by atoms with Crippen LogP contribution in [0.15, 0.2) is 35.2 Å². The maximum absolute atomic E-state index is 12.9. The molecule has 1 amide bonds. The van der Waals surface area contributed by atoms with Gasteiger partial charge >= 0.3 is 11.9 Å². The Morgan fingerprint density at radius 2 is 1.71 bits per heavy atom. The number of carbonyl (C=O) groups is 2. The summed E-state index contributed by atoms with van der Waals surface area (Å²) in [4.78, 5) is 23.7. The molecule has 1 aliphatic rings. The highest BCUT2D eigenvalue weighted by atomic mass is 32.2. The fraction of sp³-hybridized carbons (Fsp3) is 0.440. The van der Waals surface area contributed by atoms with Gasteiger partial charge in [0.05, 0.1) is 11.9 Å². The third kappa shape index (κ3) is 6.28. The van der Waals surface area contributed by atoms with Crippen molar-refractivity contribution >= 4 is 27.4 Å². The van der Waals surface area contributed by atoms with Crippen LogP contribution < -0.4 is 10.1 Å². The second-order valence-corrected chi connectivity index (χ2v) is 11.0. The Hall–Kier alpha value is -3.07. The molecule has 2 N–H and O–H groups in total. The summed E-state index contributed by atoms with van der Waals surface area (Å²) < 4.78 is 36.7. The van der Waals surface area contributed by atoms with Crippen LogP contribution in [0.5, 0.6) is 17.2 Å². The van der Waals surface area contributed by atoms with Crippen LogP contribution in [-0.4, -0.2) is 37.3 Å². The Morgan fingerprint density at radius 3 is 2.29 bits per heavy atom. The number of benzene rings is 2. The number of hydrogen-bond donors (Lipinski definition) is 2. The van der Waals surface area contributed by atoms with E-state index in [2.05, 4.69) is 5.32 Å². The summed E-state index contributed by atoms with van der Waals surface area (Å²) >= 11 is 0. The zero-order chi connectivity index (χ0) is 25.0. The average Bonchev–Trinajstić information content (AvgIpc) is 3.23. The molecule has 0 radical (unpaired) electrons. The van der Waals surface area contributed by atoms with E-state index in [0.29, 0.717) is 22.6 Å². The van der Waals surface area contributed by atoms with Crippen LogP contribution in [0.2, 0.25) is 0 Å². The summed E-state index contributed by atoms with van der Waals surface area (Å²) in [6.07, 6.45) is 3.42. The molecule has 0 aromatic heterocycles. The Kier molecular flexibility index (Phi) is 7.86. The van der Waals surface area contributed by atoms with Crippen molar-refractivity contribution in [2.75, 3.05) is 11.1 Å². The molecule has 0 bridgehead atoms. The largest absolute Gasteiger partial charge is 0.507 e. The molecule has 34 heavy (non-hydrogen) atoms. The van der Waals surface area contributed by atoms with Crippen LogP contribution in [-0.2, 0) is 24.2 Å². The summed E-state index contributed by atoms with van der Waals surface area (Å²) in [7, 11) is -3.67. The van der Waals surface area contributed by atoms with Crippen molar-refractivity contribution in [1.82, 2.24) is 0 Å². The molecule has 0 spiro atoms. The highest BCUT2D eigenvalue weighted by Crippen LogP contribution is 2.36. The van der Waals surface area contributed by atoms with E-state index < -0.39 is 27.8 Å². The van der Waals surface area contributed by atoms with E-state index in [1.165, 1.54) is 18.2 Å². The van der Waals surface area contributed by atoms with Gasteiger partial charge in [-0.15, -0.1) is 0 Å². The Morgan fingerprint density at radius 1 is 1.09 bits per heavy atom. The number of nitrogens with one attached hydrogen (secondary N) is 1. The standard InChI is InChI=1S/C25H31NO7S/c1-15(2)32-25(29)24(28)26-19-11-16(3)23(17(4)12-19)33-20-9-10-21(27)22(13-20)34(30,31)14-18-7-5-6-8-18/h9-13,15,18,27H,5-8,14H2,1-4H3,(H,26,28). The van der Waals surface area contributed by atoms with Crippen LogP contribution >= 0.6 is 0 Å². The zero-order valence-corrected chi connectivity index (χ0v) is 20.7. The van der Waals surface area contributed by atoms with Crippen molar-refractivity contribution in [2.45, 2.75) is 64.4 Å². The molecule has 0 aliphatic heterocycles. The lowest BCUT2D eigenvalue weighted by Crippen LogP contribution is -2.27. The molecule has 8 nitrogen and oxygen atoms in total. The number of aromatic hydroxyl groups is 1. The number of phenols is 1. The van der Waals surface area contributed by atoms with Gasteiger partial charge < -0.3 is 19.9 Å². The molecule has 3 rings (SSSR count). The first-order valence-electron chi connectivity index (χ1n) is 11.3. The first kappa shape index (κ1) is 25.6. The van der Waals surface area contributed by atoms with Crippen molar-refractivity contribution in [2.24, 2.45) is 5.92 Å². The number of ether oxygens (including phenoxy) is 2. The maximum Gasteiger partial charge on any atom is 0.397 e. The lowest BCUT2D eigenvalue weighted by atomic mass is 10.1. The van der Waals surface area contributed by atoms with E-state index in [9.17, 15) is 23.1 Å². The van der Waals surface area contributed by atoms with Crippen LogP contribution in [0.4, 0.5) is 5.69 Å². The number of carbonyl (C=O) groups excluding carboxylic acids is 2. The molecule has 2 aromatic rings. The summed E-state index contributed by atoms with van der Waals surface area (Å²) in [5.74, 6) is -1.28. The van der Waals surface area contributed by atoms with E-state index >= 15 is 0 Å². The fourth-order valence-corrected chi connectivity index (χ4v) is 5.95. The van der Waals surface area contributed by atoms with Gasteiger partial charge in [-0.25, -0.2) is 13.2 Å². The highest BCUT2D eigenvalue weighted by Gasteiger charge is 2.27. The number of amides is 1. The minimum absolute atomic E-state index is 0.00963. The van der Waals surface area contributed by atoms with Gasteiger partial charge in [-0.3, -0.25) is 4.79 Å². The number of phenolic OH excluding ortho intramolecular Hbond substituents is 1. The normalized spacial score (nSPS) is 14.3. The van der Waals surface area contributed by atoms with Gasteiger partial charge in [0.25, 0.3) is 0 Å². The predicted octanol–water partition coefficient (Wildman–Crippen LogP) is 4.66. The SMILES string of the molecule is Cc1cc(NC(=O)C(=O)OC(C)C)cc(C)c1Oc1ccc(O)c(S(=O)(=O)CC2CCCC2)c1. The number of sulfone groups is 1. The summed E-state index contributed by atoms with van der Waals surface area (Å²) in [5.41, 5.74) is 1.73. The van der Waals surface area contributed by atoms with Gasteiger partial charge in [-0.05, 0) is 81.8 Å². The molecular formula is C25H31NO7S. The van der Waals surface area contributed by atoms with Crippen LogP contribution in [0.3, 0.4) is 0 Å². The zero-order valence-electron chi connectivity index (χ0n) is 19.9. The van der Waals surface area contributed by atoms with Gasteiger partial charge in [0.2, 0.25) is 0 Å². The molecule has 184 valence electrons. The third-order valence-corrected chi connectivity index (χ3v) is 7.57. The highest BCUT2D eigenvalue weighted by molar-refractivity contribution is 7.91. The van der Waals surface area contributed by atoms with Crippen molar-refractivity contribution in [3.8, 4) is 17.2 Å². The average molecular weight is 490 g/mol. The first-order chi connectivity index (χ1) is 16.0. The molecule has 1 aliphatic carbocycles. The minimum Gasteiger partial charge on any atom is -0.507 e.